The molecule has 0 aliphatic heterocycles. The van der Waals surface area contributed by atoms with Crippen molar-refractivity contribution in [2.75, 3.05) is 10.6 Å². The molecule has 0 heterocycles. The van der Waals surface area contributed by atoms with Crippen molar-refractivity contribution < 1.29 is 35.9 Å². The molecule has 2 amide bonds. The van der Waals surface area contributed by atoms with Gasteiger partial charge in [0, 0.05) is 11.4 Å². The predicted molar refractivity (Wildman–Crippen MR) is 80.0 cm³/mol. The predicted octanol–water partition coefficient (Wildman–Crippen LogP) is 3.81. The molecule has 0 saturated heterocycles. The molecule has 2 N–H and O–H groups in total. The molecule has 0 atom stereocenters. The second-order valence-electron chi connectivity index (χ2n) is 5.08. The zero-order valence-electron chi connectivity index (χ0n) is 12.7. The third-order valence-electron chi connectivity index (χ3n) is 3.13. The molecule has 138 valence electrons. The Balaban J connectivity index is 2.18. The molecule has 4 nitrogen and oxygen atoms in total. The summed E-state index contributed by atoms with van der Waals surface area (Å²) in [4.78, 5) is 23.0. The highest BCUT2D eigenvalue weighted by Gasteiger charge is 2.67. The zero-order valence-corrected chi connectivity index (χ0v) is 12.7. The third kappa shape index (κ3) is 3.95. The fourth-order valence-corrected chi connectivity index (χ4v) is 1.84. The van der Waals surface area contributed by atoms with Gasteiger partial charge in [0.25, 0.3) is 0 Å². The molecule has 0 aliphatic carbocycles. The number of carbonyl (C=O) groups is 2. The van der Waals surface area contributed by atoms with Gasteiger partial charge in [-0.1, -0.05) is 12.1 Å². The van der Waals surface area contributed by atoms with Crippen molar-refractivity contribution in [3.8, 4) is 0 Å². The first-order valence-corrected chi connectivity index (χ1v) is 6.93. The van der Waals surface area contributed by atoms with Crippen LogP contribution in [0.5, 0.6) is 0 Å². The van der Waals surface area contributed by atoms with Gasteiger partial charge < -0.3 is 10.6 Å². The topological polar surface area (TPSA) is 58.2 Å². The van der Waals surface area contributed by atoms with Crippen molar-refractivity contribution >= 4 is 23.2 Å². The van der Waals surface area contributed by atoms with Crippen molar-refractivity contribution in [2.24, 2.45) is 0 Å². The Hall–Kier alpha value is -3.04. The van der Waals surface area contributed by atoms with Crippen LogP contribution in [0, 0.1) is 11.6 Å². The Bertz CT molecular complexity index is 771. The van der Waals surface area contributed by atoms with Crippen LogP contribution in [0.25, 0.3) is 0 Å². The molecule has 0 aliphatic rings. The third-order valence-corrected chi connectivity index (χ3v) is 3.13. The minimum Gasteiger partial charge on any atom is -0.321 e. The van der Waals surface area contributed by atoms with Gasteiger partial charge in [0.15, 0.2) is 0 Å². The summed E-state index contributed by atoms with van der Waals surface area (Å²) < 4.78 is 81.2. The van der Waals surface area contributed by atoms with E-state index in [0.717, 1.165) is 36.4 Å². The van der Waals surface area contributed by atoms with E-state index in [4.69, 9.17) is 0 Å². The van der Waals surface area contributed by atoms with E-state index in [1.165, 1.54) is 10.6 Å². The number of hydrogen-bond donors (Lipinski definition) is 2. The minimum atomic E-state index is -5.46. The maximum absolute atomic E-state index is 13.8. The van der Waals surface area contributed by atoms with Crippen molar-refractivity contribution in [3.05, 3.63) is 60.2 Å². The van der Waals surface area contributed by atoms with Crippen LogP contribution in [-0.4, -0.2) is 23.7 Å². The van der Waals surface area contributed by atoms with Crippen molar-refractivity contribution in [2.45, 2.75) is 11.8 Å². The Morgan fingerprint density at radius 1 is 0.692 bits per heavy atom. The number of rotatable bonds is 5. The summed E-state index contributed by atoms with van der Waals surface area (Å²) in [5, 5.41) is 2.82. The highest BCUT2D eigenvalue weighted by molar-refractivity contribution is 6.05. The van der Waals surface area contributed by atoms with E-state index >= 15 is 0 Å². The monoisotopic (exact) mass is 376 g/mol. The first-order chi connectivity index (χ1) is 12.0. The van der Waals surface area contributed by atoms with Crippen molar-refractivity contribution in [3.63, 3.8) is 0 Å². The lowest BCUT2D eigenvalue weighted by molar-refractivity contribution is -0.204. The number of benzene rings is 2. The van der Waals surface area contributed by atoms with Gasteiger partial charge in [0.2, 0.25) is 0 Å². The highest BCUT2D eigenvalue weighted by Crippen LogP contribution is 2.36. The number of alkyl halides is 4. The lowest BCUT2D eigenvalue weighted by Gasteiger charge is -2.24. The van der Waals surface area contributed by atoms with Crippen LogP contribution in [0.15, 0.2) is 48.5 Å². The number of anilines is 2. The zero-order chi connectivity index (χ0) is 19.5. The van der Waals surface area contributed by atoms with Crippen LogP contribution in [0.1, 0.15) is 0 Å². The van der Waals surface area contributed by atoms with E-state index in [9.17, 15) is 35.9 Å². The summed E-state index contributed by atoms with van der Waals surface area (Å²) in [6, 6.07) is 7.21. The lowest BCUT2D eigenvalue weighted by atomic mass is 10.1. The van der Waals surface area contributed by atoms with Crippen LogP contribution in [-0.2, 0) is 9.59 Å². The summed E-state index contributed by atoms with van der Waals surface area (Å²) >= 11 is 0. The quantitative estimate of drug-likeness (QED) is 0.780. The Kier molecular flexibility index (Phi) is 5.24. The van der Waals surface area contributed by atoms with Gasteiger partial charge >= 0.3 is 23.7 Å². The van der Waals surface area contributed by atoms with Gasteiger partial charge in [0.1, 0.15) is 11.6 Å². The maximum Gasteiger partial charge on any atom is 0.396 e. The van der Waals surface area contributed by atoms with Gasteiger partial charge in [-0.3, -0.25) is 9.59 Å². The van der Waals surface area contributed by atoms with Crippen molar-refractivity contribution in [1.29, 1.82) is 0 Å². The molecule has 0 saturated carbocycles. The van der Waals surface area contributed by atoms with Crippen LogP contribution in [0.4, 0.5) is 37.7 Å². The van der Waals surface area contributed by atoms with E-state index in [2.05, 4.69) is 0 Å². The fourth-order valence-electron chi connectivity index (χ4n) is 1.84. The van der Waals surface area contributed by atoms with E-state index in [-0.39, 0.29) is 0 Å². The van der Waals surface area contributed by atoms with Gasteiger partial charge in [-0.2, -0.15) is 17.6 Å². The molecule has 0 radical (unpaired) electrons. The molecule has 2 rings (SSSR count). The molecule has 0 unspecified atom stereocenters. The standard InChI is InChI=1S/C16H10F6N2O2/c17-9-3-1-5-11(7-9)23-13(25)15(19,20)16(21,22)14(26)24-12-6-2-4-10(18)8-12/h1-8H,(H,23,25)(H,24,26). The molecule has 0 spiro atoms. The number of nitrogens with one attached hydrogen (secondary N) is 2. The van der Waals surface area contributed by atoms with E-state index in [1.807, 2.05) is 0 Å². The van der Waals surface area contributed by atoms with Gasteiger partial charge in [-0.25, -0.2) is 8.78 Å². The fraction of sp³-hybridized carbons (Fsp3) is 0.125. The molecular weight excluding hydrogens is 366 g/mol. The first kappa shape index (κ1) is 19.3. The number of hydrogen-bond acceptors (Lipinski definition) is 2. The smallest absolute Gasteiger partial charge is 0.321 e. The Morgan fingerprint density at radius 3 is 1.35 bits per heavy atom. The number of amides is 2. The molecular formula is C16H10F6N2O2. The molecule has 0 aromatic heterocycles. The largest absolute Gasteiger partial charge is 0.396 e. The molecule has 26 heavy (non-hydrogen) atoms. The molecule has 2 aromatic rings. The number of carbonyl (C=O) groups excluding carboxylic acids is 2. The first-order valence-electron chi connectivity index (χ1n) is 6.93. The van der Waals surface area contributed by atoms with Crippen LogP contribution < -0.4 is 10.6 Å². The molecule has 0 fully saturated rings. The number of halogens is 6. The summed E-state index contributed by atoms with van der Waals surface area (Å²) in [5.74, 6) is -17.7. The second-order valence-corrected chi connectivity index (χ2v) is 5.08. The minimum absolute atomic E-state index is 0.504. The molecule has 10 heteroatoms. The van der Waals surface area contributed by atoms with Gasteiger partial charge in [0.05, 0.1) is 0 Å². The molecule has 0 bridgehead atoms. The summed E-state index contributed by atoms with van der Waals surface area (Å²) in [6.07, 6.45) is 0. The average Bonchev–Trinajstić information content (AvgIpc) is 2.54. The van der Waals surface area contributed by atoms with E-state index < -0.39 is 46.7 Å². The highest BCUT2D eigenvalue weighted by atomic mass is 19.3. The summed E-state index contributed by atoms with van der Waals surface area (Å²) in [7, 11) is 0. The van der Waals surface area contributed by atoms with Crippen LogP contribution >= 0.6 is 0 Å². The van der Waals surface area contributed by atoms with Gasteiger partial charge in [-0.05, 0) is 36.4 Å². The van der Waals surface area contributed by atoms with E-state index in [0.29, 0.717) is 12.1 Å². The Labute approximate surface area is 142 Å². The normalized spacial score (nSPS) is 11.8. The van der Waals surface area contributed by atoms with Crippen LogP contribution in [0.2, 0.25) is 0 Å². The average molecular weight is 376 g/mol. The summed E-state index contributed by atoms with van der Waals surface area (Å²) in [6.45, 7) is 0. The Morgan fingerprint density at radius 2 is 1.04 bits per heavy atom. The van der Waals surface area contributed by atoms with Gasteiger partial charge in [-0.15, -0.1) is 0 Å². The maximum atomic E-state index is 13.8. The van der Waals surface area contributed by atoms with E-state index in [1.54, 1.807) is 0 Å². The molecule has 2 aromatic carbocycles. The SMILES string of the molecule is O=C(Nc1cccc(F)c1)C(F)(F)C(F)(F)C(=O)Nc1cccc(F)c1. The summed E-state index contributed by atoms with van der Waals surface area (Å²) in [5.41, 5.74) is -1.01. The lowest BCUT2D eigenvalue weighted by Crippen LogP contribution is -2.56. The van der Waals surface area contributed by atoms with Crippen molar-refractivity contribution in [1.82, 2.24) is 0 Å². The second kappa shape index (κ2) is 7.06. The van der Waals surface area contributed by atoms with Crippen LogP contribution in [0.3, 0.4) is 0 Å².